The maximum Gasteiger partial charge on any atom is 0.279 e. The zero-order valence-corrected chi connectivity index (χ0v) is 20.5. The molecule has 0 unspecified atom stereocenters. The van der Waals surface area contributed by atoms with Crippen molar-refractivity contribution in [3.8, 4) is 12.3 Å². The Hall–Kier alpha value is -2.73. The summed E-state index contributed by atoms with van der Waals surface area (Å²) in [7, 11) is -1.96. The van der Waals surface area contributed by atoms with Crippen LogP contribution < -0.4 is 4.80 Å². The number of amides is 1. The molecule has 0 bridgehead atoms. The summed E-state index contributed by atoms with van der Waals surface area (Å²) in [6, 6.07) is 12.2. The van der Waals surface area contributed by atoms with Crippen molar-refractivity contribution in [3.05, 3.63) is 58.4 Å². The van der Waals surface area contributed by atoms with Gasteiger partial charge in [0.1, 0.15) is 0 Å². The summed E-state index contributed by atoms with van der Waals surface area (Å²) in [5.74, 6) is 2.19. The number of rotatable bonds is 6. The first-order valence-corrected chi connectivity index (χ1v) is 13.3. The molecule has 1 aromatic heterocycles. The molecule has 1 amide bonds. The van der Waals surface area contributed by atoms with E-state index in [1.54, 1.807) is 7.05 Å². The van der Waals surface area contributed by atoms with Gasteiger partial charge >= 0.3 is 0 Å². The molecular formula is C25H27N3O3S2. The minimum atomic E-state index is -3.59. The van der Waals surface area contributed by atoms with Crippen molar-refractivity contribution in [2.24, 2.45) is 4.99 Å². The number of aromatic nitrogens is 1. The molecule has 1 aliphatic carbocycles. The SMILES string of the molecule is C#CCn1c(=NC(=O)c2ccc(S(=O)(=O)N(C)C3CCCC3)cc2)sc2cc(CC)ccc21. The van der Waals surface area contributed by atoms with Crippen LogP contribution in [0.5, 0.6) is 0 Å². The average molecular weight is 482 g/mol. The molecule has 1 saturated carbocycles. The molecule has 2 aromatic carbocycles. The summed E-state index contributed by atoms with van der Waals surface area (Å²) in [4.78, 5) is 17.9. The van der Waals surface area contributed by atoms with E-state index in [0.29, 0.717) is 16.9 Å². The Labute approximate surface area is 198 Å². The zero-order valence-electron chi connectivity index (χ0n) is 18.8. The third-order valence-corrected chi connectivity index (χ3v) is 9.18. The van der Waals surface area contributed by atoms with Gasteiger partial charge in [0.2, 0.25) is 10.0 Å². The van der Waals surface area contributed by atoms with Gasteiger partial charge in [-0.25, -0.2) is 8.42 Å². The Kier molecular flexibility index (Phi) is 6.84. The molecule has 0 saturated heterocycles. The van der Waals surface area contributed by atoms with E-state index in [4.69, 9.17) is 6.42 Å². The Bertz CT molecular complexity index is 1390. The quantitative estimate of drug-likeness (QED) is 0.496. The number of aryl methyl sites for hydroxylation is 1. The van der Waals surface area contributed by atoms with Crippen LogP contribution in [0, 0.1) is 12.3 Å². The third-order valence-electron chi connectivity index (χ3n) is 6.22. The topological polar surface area (TPSA) is 71.7 Å². The lowest BCUT2D eigenvalue weighted by atomic mass is 10.2. The smallest absolute Gasteiger partial charge is 0.279 e. The second-order valence-electron chi connectivity index (χ2n) is 8.23. The highest BCUT2D eigenvalue weighted by Gasteiger charge is 2.30. The van der Waals surface area contributed by atoms with E-state index in [-0.39, 0.29) is 10.9 Å². The lowest BCUT2D eigenvalue weighted by Gasteiger charge is -2.23. The normalized spacial score (nSPS) is 15.4. The van der Waals surface area contributed by atoms with E-state index in [2.05, 4.69) is 30.0 Å². The summed E-state index contributed by atoms with van der Waals surface area (Å²) in [6.07, 6.45) is 10.3. The van der Waals surface area contributed by atoms with Crippen LogP contribution in [0.3, 0.4) is 0 Å². The Morgan fingerprint density at radius 2 is 1.91 bits per heavy atom. The molecule has 0 N–H and O–H groups in total. The molecule has 4 rings (SSSR count). The molecular weight excluding hydrogens is 454 g/mol. The summed E-state index contributed by atoms with van der Waals surface area (Å²) in [5, 5.41) is 0. The van der Waals surface area contributed by atoms with Gasteiger partial charge < -0.3 is 4.57 Å². The molecule has 0 atom stereocenters. The van der Waals surface area contributed by atoms with Gasteiger partial charge in [0.25, 0.3) is 5.91 Å². The molecule has 172 valence electrons. The summed E-state index contributed by atoms with van der Waals surface area (Å²) >= 11 is 1.42. The minimum Gasteiger partial charge on any atom is -0.305 e. The number of thiazole rings is 1. The lowest BCUT2D eigenvalue weighted by molar-refractivity contribution is 0.0998. The number of carbonyl (C=O) groups excluding carboxylic acids is 1. The Morgan fingerprint density at radius 3 is 2.55 bits per heavy atom. The number of benzene rings is 2. The lowest BCUT2D eigenvalue weighted by Crippen LogP contribution is -2.35. The van der Waals surface area contributed by atoms with E-state index in [1.165, 1.54) is 45.5 Å². The minimum absolute atomic E-state index is 0.0408. The van der Waals surface area contributed by atoms with Gasteiger partial charge in [0, 0.05) is 18.7 Å². The Balaban J connectivity index is 1.64. The maximum atomic E-state index is 13.0. The number of hydrogen-bond donors (Lipinski definition) is 0. The standard InChI is InChI=1S/C25H27N3O3S2/c1-4-16-28-22-15-10-18(5-2)17-23(22)32-25(28)26-24(29)19-11-13-21(14-12-19)33(30,31)27(3)20-8-6-7-9-20/h1,10-15,17,20H,5-9,16H2,2-3H3. The third kappa shape index (κ3) is 4.67. The van der Waals surface area contributed by atoms with Crippen LogP contribution in [0.15, 0.2) is 52.4 Å². The van der Waals surface area contributed by atoms with Crippen LogP contribution in [0.4, 0.5) is 0 Å². The Morgan fingerprint density at radius 1 is 1.21 bits per heavy atom. The predicted octanol–water partition coefficient (Wildman–Crippen LogP) is 4.20. The summed E-state index contributed by atoms with van der Waals surface area (Å²) in [5.41, 5.74) is 2.48. The van der Waals surface area contributed by atoms with Crippen molar-refractivity contribution < 1.29 is 13.2 Å². The zero-order chi connectivity index (χ0) is 23.6. The van der Waals surface area contributed by atoms with Crippen LogP contribution in [0.25, 0.3) is 10.2 Å². The van der Waals surface area contributed by atoms with E-state index in [9.17, 15) is 13.2 Å². The first-order valence-electron chi connectivity index (χ1n) is 11.1. The molecule has 8 heteroatoms. The molecule has 3 aromatic rings. The van der Waals surface area contributed by atoms with E-state index in [0.717, 1.165) is 42.3 Å². The van der Waals surface area contributed by atoms with E-state index >= 15 is 0 Å². The van der Waals surface area contributed by atoms with Gasteiger partial charge in [-0.15, -0.1) is 6.42 Å². The highest BCUT2D eigenvalue weighted by molar-refractivity contribution is 7.89. The average Bonchev–Trinajstić information content (AvgIpc) is 3.47. The molecule has 0 aliphatic heterocycles. The number of sulfonamides is 1. The largest absolute Gasteiger partial charge is 0.305 e. The second kappa shape index (κ2) is 9.64. The first kappa shape index (κ1) is 23.4. The fourth-order valence-corrected chi connectivity index (χ4v) is 6.73. The second-order valence-corrected chi connectivity index (χ2v) is 11.2. The molecule has 1 aliphatic rings. The van der Waals surface area contributed by atoms with Crippen molar-refractivity contribution in [1.29, 1.82) is 0 Å². The summed E-state index contributed by atoms with van der Waals surface area (Å²) < 4.78 is 30.3. The van der Waals surface area contributed by atoms with Gasteiger partial charge in [0.15, 0.2) is 4.80 Å². The first-order chi connectivity index (χ1) is 15.8. The van der Waals surface area contributed by atoms with Gasteiger partial charge in [-0.05, 0) is 61.2 Å². The maximum absolute atomic E-state index is 13.0. The number of carbonyl (C=O) groups is 1. The van der Waals surface area contributed by atoms with Crippen molar-refractivity contribution in [2.45, 2.75) is 56.5 Å². The van der Waals surface area contributed by atoms with Crippen molar-refractivity contribution >= 4 is 37.5 Å². The van der Waals surface area contributed by atoms with Crippen LogP contribution in [-0.4, -0.2) is 36.3 Å². The van der Waals surface area contributed by atoms with Crippen molar-refractivity contribution in [1.82, 2.24) is 8.87 Å². The fraction of sp³-hybridized carbons (Fsp3) is 0.360. The van der Waals surface area contributed by atoms with E-state index < -0.39 is 15.9 Å². The monoisotopic (exact) mass is 481 g/mol. The van der Waals surface area contributed by atoms with Crippen molar-refractivity contribution in [2.75, 3.05) is 7.05 Å². The van der Waals surface area contributed by atoms with Gasteiger partial charge in [-0.2, -0.15) is 9.30 Å². The number of terminal acetylenes is 1. The van der Waals surface area contributed by atoms with E-state index in [1.807, 2.05) is 10.6 Å². The van der Waals surface area contributed by atoms with Crippen LogP contribution in [0.1, 0.15) is 48.5 Å². The number of fused-ring (bicyclic) bond motifs is 1. The van der Waals surface area contributed by atoms with Crippen LogP contribution in [-0.2, 0) is 23.0 Å². The van der Waals surface area contributed by atoms with Gasteiger partial charge in [-0.3, -0.25) is 4.79 Å². The molecule has 0 radical (unpaired) electrons. The predicted molar refractivity (Wildman–Crippen MR) is 132 cm³/mol. The highest BCUT2D eigenvalue weighted by atomic mass is 32.2. The molecule has 33 heavy (non-hydrogen) atoms. The molecule has 1 fully saturated rings. The van der Waals surface area contributed by atoms with Crippen molar-refractivity contribution in [3.63, 3.8) is 0 Å². The number of nitrogens with zero attached hydrogens (tertiary/aromatic N) is 3. The molecule has 0 spiro atoms. The van der Waals surface area contributed by atoms with Gasteiger partial charge in [0.05, 0.1) is 21.7 Å². The summed E-state index contributed by atoms with van der Waals surface area (Å²) in [6.45, 7) is 2.40. The van der Waals surface area contributed by atoms with Crippen LogP contribution >= 0.6 is 11.3 Å². The highest BCUT2D eigenvalue weighted by Crippen LogP contribution is 2.27. The van der Waals surface area contributed by atoms with Gasteiger partial charge in [-0.1, -0.05) is 43.1 Å². The molecule has 6 nitrogen and oxygen atoms in total. The number of hydrogen-bond acceptors (Lipinski definition) is 4. The fourth-order valence-electron chi connectivity index (χ4n) is 4.22. The molecule has 1 heterocycles. The van der Waals surface area contributed by atoms with Crippen LogP contribution in [0.2, 0.25) is 0 Å².